The number of aromatic nitrogens is 2. The molecule has 5 heteroatoms. The molecule has 16 heavy (non-hydrogen) atoms. The van der Waals surface area contributed by atoms with Gasteiger partial charge in [0.1, 0.15) is 17.0 Å². The van der Waals surface area contributed by atoms with Crippen LogP contribution in [0, 0.1) is 0 Å². The molecule has 2 aromatic rings. The quantitative estimate of drug-likeness (QED) is 0.853. The third kappa shape index (κ3) is 1.47. The standard InChI is InChI=1S/C11H14N4S/c1-2-8-3-9-10(15-4-7(12)5-15)13-6-14-11(9)16-8/h3,6-7H,2,4-5,12H2,1H3. The summed E-state index contributed by atoms with van der Waals surface area (Å²) in [5.41, 5.74) is 5.80. The van der Waals surface area contributed by atoms with Crippen LogP contribution in [0.5, 0.6) is 0 Å². The average molecular weight is 234 g/mol. The maximum atomic E-state index is 5.80. The second kappa shape index (κ2) is 3.68. The van der Waals surface area contributed by atoms with Crippen LogP contribution in [0.25, 0.3) is 10.2 Å². The van der Waals surface area contributed by atoms with Gasteiger partial charge < -0.3 is 10.6 Å². The number of hydrogen-bond acceptors (Lipinski definition) is 5. The van der Waals surface area contributed by atoms with E-state index in [2.05, 4.69) is 27.9 Å². The first kappa shape index (κ1) is 9.99. The van der Waals surface area contributed by atoms with Gasteiger partial charge in [0, 0.05) is 24.0 Å². The molecule has 0 spiro atoms. The van der Waals surface area contributed by atoms with E-state index in [0.29, 0.717) is 6.04 Å². The summed E-state index contributed by atoms with van der Waals surface area (Å²) >= 11 is 1.76. The predicted octanol–water partition coefficient (Wildman–Crippen LogP) is 1.40. The van der Waals surface area contributed by atoms with Crippen molar-refractivity contribution in [3.05, 3.63) is 17.3 Å². The van der Waals surface area contributed by atoms with Crippen molar-refractivity contribution in [3.63, 3.8) is 0 Å². The first-order chi connectivity index (χ1) is 7.78. The number of hydrogen-bond donors (Lipinski definition) is 1. The summed E-state index contributed by atoms with van der Waals surface area (Å²) in [6.07, 6.45) is 2.71. The van der Waals surface area contributed by atoms with Crippen molar-refractivity contribution in [2.24, 2.45) is 5.73 Å². The number of nitrogens with two attached hydrogens (primary N) is 1. The van der Waals surface area contributed by atoms with Gasteiger partial charge in [0.2, 0.25) is 0 Å². The third-order valence-electron chi connectivity index (χ3n) is 2.92. The first-order valence-electron chi connectivity index (χ1n) is 5.52. The molecule has 0 saturated carbocycles. The Morgan fingerprint density at radius 3 is 3.00 bits per heavy atom. The molecule has 1 aliphatic heterocycles. The largest absolute Gasteiger partial charge is 0.353 e. The molecule has 3 heterocycles. The van der Waals surface area contributed by atoms with Gasteiger partial charge in [-0.1, -0.05) is 6.92 Å². The fourth-order valence-electron chi connectivity index (χ4n) is 2.00. The van der Waals surface area contributed by atoms with E-state index in [4.69, 9.17) is 5.73 Å². The van der Waals surface area contributed by atoms with Crippen LogP contribution in [0.1, 0.15) is 11.8 Å². The van der Waals surface area contributed by atoms with E-state index in [1.54, 1.807) is 17.7 Å². The van der Waals surface area contributed by atoms with Crippen LogP contribution in [0.3, 0.4) is 0 Å². The molecular weight excluding hydrogens is 220 g/mol. The Labute approximate surface area is 98.1 Å². The lowest BCUT2D eigenvalue weighted by Crippen LogP contribution is -2.56. The summed E-state index contributed by atoms with van der Waals surface area (Å²) in [5.74, 6) is 1.04. The van der Waals surface area contributed by atoms with Crippen molar-refractivity contribution < 1.29 is 0 Å². The second-order valence-electron chi connectivity index (χ2n) is 4.15. The summed E-state index contributed by atoms with van der Waals surface area (Å²) in [6.45, 7) is 3.98. The van der Waals surface area contributed by atoms with Crippen molar-refractivity contribution >= 4 is 27.4 Å². The first-order valence-corrected chi connectivity index (χ1v) is 6.33. The Kier molecular flexibility index (Phi) is 2.29. The normalized spacial score (nSPS) is 16.8. The van der Waals surface area contributed by atoms with Crippen LogP contribution in [-0.2, 0) is 6.42 Å². The second-order valence-corrected chi connectivity index (χ2v) is 5.26. The van der Waals surface area contributed by atoms with Gasteiger partial charge in [-0.05, 0) is 12.5 Å². The van der Waals surface area contributed by atoms with Gasteiger partial charge in [-0.3, -0.25) is 0 Å². The van der Waals surface area contributed by atoms with Crippen LogP contribution < -0.4 is 10.6 Å². The zero-order valence-electron chi connectivity index (χ0n) is 9.18. The fourth-order valence-corrected chi connectivity index (χ4v) is 2.93. The van der Waals surface area contributed by atoms with Gasteiger partial charge in [-0.15, -0.1) is 11.3 Å². The van der Waals surface area contributed by atoms with E-state index >= 15 is 0 Å². The van der Waals surface area contributed by atoms with Gasteiger partial charge in [0.15, 0.2) is 0 Å². The van der Waals surface area contributed by atoms with E-state index in [9.17, 15) is 0 Å². The van der Waals surface area contributed by atoms with Crippen molar-refractivity contribution in [1.82, 2.24) is 9.97 Å². The van der Waals surface area contributed by atoms with Gasteiger partial charge >= 0.3 is 0 Å². The van der Waals surface area contributed by atoms with Crippen LogP contribution in [0.15, 0.2) is 12.4 Å². The van der Waals surface area contributed by atoms with Gasteiger partial charge in [-0.25, -0.2) is 9.97 Å². The lowest BCUT2D eigenvalue weighted by atomic mass is 10.1. The van der Waals surface area contributed by atoms with Crippen molar-refractivity contribution in [1.29, 1.82) is 0 Å². The van der Waals surface area contributed by atoms with Crippen molar-refractivity contribution in [2.75, 3.05) is 18.0 Å². The zero-order chi connectivity index (χ0) is 11.1. The molecule has 0 aromatic carbocycles. The van der Waals surface area contributed by atoms with Gasteiger partial charge in [0.05, 0.1) is 5.39 Å². The summed E-state index contributed by atoms with van der Waals surface area (Å²) < 4.78 is 0. The van der Waals surface area contributed by atoms with Crippen LogP contribution in [0.4, 0.5) is 5.82 Å². The highest BCUT2D eigenvalue weighted by Crippen LogP contribution is 2.31. The molecule has 2 N–H and O–H groups in total. The molecule has 0 unspecified atom stereocenters. The molecule has 84 valence electrons. The average Bonchev–Trinajstić information content (AvgIpc) is 2.67. The molecule has 0 atom stereocenters. The van der Waals surface area contributed by atoms with Gasteiger partial charge in [-0.2, -0.15) is 0 Å². The topological polar surface area (TPSA) is 55.0 Å². The molecule has 1 fully saturated rings. The Morgan fingerprint density at radius 2 is 2.31 bits per heavy atom. The smallest absolute Gasteiger partial charge is 0.140 e. The van der Waals surface area contributed by atoms with E-state index in [-0.39, 0.29) is 0 Å². The van der Waals surface area contributed by atoms with E-state index in [0.717, 1.165) is 30.2 Å². The maximum Gasteiger partial charge on any atom is 0.140 e. The molecule has 0 radical (unpaired) electrons. The number of nitrogens with zero attached hydrogens (tertiary/aromatic N) is 3. The molecule has 4 nitrogen and oxygen atoms in total. The minimum absolute atomic E-state index is 0.300. The zero-order valence-corrected chi connectivity index (χ0v) is 10.00. The van der Waals surface area contributed by atoms with Crippen molar-refractivity contribution in [3.8, 4) is 0 Å². The van der Waals surface area contributed by atoms with E-state index in [1.807, 2.05) is 0 Å². The Balaban J connectivity index is 2.06. The van der Waals surface area contributed by atoms with Crippen LogP contribution in [0.2, 0.25) is 0 Å². The van der Waals surface area contributed by atoms with Gasteiger partial charge in [0.25, 0.3) is 0 Å². The van der Waals surface area contributed by atoms with Crippen molar-refractivity contribution in [2.45, 2.75) is 19.4 Å². The molecule has 2 aromatic heterocycles. The highest BCUT2D eigenvalue weighted by Gasteiger charge is 2.26. The SMILES string of the molecule is CCc1cc2c(N3CC(N)C3)ncnc2s1. The minimum Gasteiger partial charge on any atom is -0.353 e. The lowest BCUT2D eigenvalue weighted by Gasteiger charge is -2.37. The number of aryl methyl sites for hydroxylation is 1. The Bertz CT molecular complexity index is 516. The number of thiophene rings is 1. The molecule has 0 bridgehead atoms. The summed E-state index contributed by atoms with van der Waals surface area (Å²) in [4.78, 5) is 13.4. The fraction of sp³-hybridized carbons (Fsp3) is 0.455. The highest BCUT2D eigenvalue weighted by atomic mass is 32.1. The maximum absolute atomic E-state index is 5.80. The number of rotatable bonds is 2. The monoisotopic (exact) mass is 234 g/mol. The molecule has 1 saturated heterocycles. The Hall–Kier alpha value is -1.20. The lowest BCUT2D eigenvalue weighted by molar-refractivity contribution is 0.516. The van der Waals surface area contributed by atoms with E-state index < -0.39 is 0 Å². The third-order valence-corrected chi connectivity index (χ3v) is 4.10. The summed E-state index contributed by atoms with van der Waals surface area (Å²) in [7, 11) is 0. The number of fused-ring (bicyclic) bond motifs is 1. The molecular formula is C11H14N4S. The molecule has 1 aliphatic rings. The molecule has 3 rings (SSSR count). The summed E-state index contributed by atoms with van der Waals surface area (Å²) in [5, 5.41) is 1.18. The van der Waals surface area contributed by atoms with Crippen LogP contribution >= 0.6 is 11.3 Å². The predicted molar refractivity (Wildman–Crippen MR) is 67.0 cm³/mol. The minimum atomic E-state index is 0.300. The highest BCUT2D eigenvalue weighted by molar-refractivity contribution is 7.18. The summed E-state index contributed by atoms with van der Waals surface area (Å²) in [6, 6.07) is 2.51. The van der Waals surface area contributed by atoms with E-state index in [1.165, 1.54) is 10.3 Å². The Morgan fingerprint density at radius 1 is 1.50 bits per heavy atom. The number of anilines is 1. The molecule has 0 amide bonds. The van der Waals surface area contributed by atoms with Crippen LogP contribution in [-0.4, -0.2) is 29.1 Å². The molecule has 0 aliphatic carbocycles.